The van der Waals surface area contributed by atoms with Crippen molar-refractivity contribution in [2.24, 2.45) is 0 Å². The molecule has 4 heteroatoms. The zero-order chi connectivity index (χ0) is 8.27. The summed E-state index contributed by atoms with van der Waals surface area (Å²) in [5.74, 6) is -0.0587. The van der Waals surface area contributed by atoms with Crippen molar-refractivity contribution >= 4 is 5.91 Å². The van der Waals surface area contributed by atoms with Gasteiger partial charge in [-0.3, -0.25) is 4.79 Å². The van der Waals surface area contributed by atoms with Gasteiger partial charge in [0.15, 0.2) is 6.29 Å². The molecule has 1 aliphatic heterocycles. The minimum atomic E-state index is -0.265. The predicted octanol–water partition coefficient (Wildman–Crippen LogP) is -0.116. The van der Waals surface area contributed by atoms with E-state index < -0.39 is 0 Å². The molecule has 0 aliphatic carbocycles. The zero-order valence-corrected chi connectivity index (χ0v) is 6.79. The average Bonchev–Trinajstić information content (AvgIpc) is 2.35. The lowest BCUT2D eigenvalue weighted by atomic mass is 10.3. The van der Waals surface area contributed by atoms with E-state index in [-0.39, 0.29) is 18.2 Å². The second-order valence-corrected chi connectivity index (χ2v) is 2.60. The molecule has 1 saturated heterocycles. The monoisotopic (exact) mass is 159 g/mol. The fourth-order valence-electron chi connectivity index (χ4n) is 1.05. The Labute approximate surface area is 65.9 Å². The Morgan fingerprint density at radius 3 is 2.55 bits per heavy atom. The number of hydrogen-bond donors (Lipinski definition) is 1. The van der Waals surface area contributed by atoms with Crippen LogP contribution in [0.3, 0.4) is 0 Å². The Hall–Kier alpha value is -0.610. The van der Waals surface area contributed by atoms with Crippen LogP contribution in [-0.4, -0.2) is 31.5 Å². The highest BCUT2D eigenvalue weighted by molar-refractivity contribution is 5.73. The van der Waals surface area contributed by atoms with E-state index in [4.69, 9.17) is 9.47 Å². The van der Waals surface area contributed by atoms with Crippen LogP contribution in [0.1, 0.15) is 13.8 Å². The molecule has 1 N–H and O–H groups in total. The summed E-state index contributed by atoms with van der Waals surface area (Å²) in [6, 6.07) is -0.0602. The van der Waals surface area contributed by atoms with Crippen molar-refractivity contribution < 1.29 is 14.3 Å². The third-order valence-corrected chi connectivity index (χ3v) is 1.49. The van der Waals surface area contributed by atoms with Crippen molar-refractivity contribution in [2.75, 3.05) is 13.2 Å². The summed E-state index contributed by atoms with van der Waals surface area (Å²) < 4.78 is 10.4. The standard InChI is InChI=1S/C7H13NO3/c1-5(8-6(2)9)7-10-3-4-11-7/h5,7H,3-4H2,1-2H3,(H,8,9)/t5-/m1/s1. The van der Waals surface area contributed by atoms with Gasteiger partial charge >= 0.3 is 0 Å². The Balaban J connectivity index is 2.28. The van der Waals surface area contributed by atoms with Crippen molar-refractivity contribution in [1.29, 1.82) is 0 Å². The molecule has 11 heavy (non-hydrogen) atoms. The van der Waals surface area contributed by atoms with Gasteiger partial charge in [-0.15, -0.1) is 0 Å². The van der Waals surface area contributed by atoms with Gasteiger partial charge in [0.05, 0.1) is 19.3 Å². The van der Waals surface area contributed by atoms with Crippen LogP contribution >= 0.6 is 0 Å². The fraction of sp³-hybridized carbons (Fsp3) is 0.857. The predicted molar refractivity (Wildman–Crippen MR) is 39.0 cm³/mol. The van der Waals surface area contributed by atoms with Gasteiger partial charge in [0.2, 0.25) is 5.91 Å². The van der Waals surface area contributed by atoms with Crippen molar-refractivity contribution in [3.05, 3.63) is 0 Å². The summed E-state index contributed by atoms with van der Waals surface area (Å²) in [4.78, 5) is 10.6. The molecular weight excluding hydrogens is 146 g/mol. The second-order valence-electron chi connectivity index (χ2n) is 2.60. The number of ether oxygens (including phenoxy) is 2. The first-order valence-corrected chi connectivity index (χ1v) is 3.70. The van der Waals surface area contributed by atoms with E-state index in [1.165, 1.54) is 6.92 Å². The van der Waals surface area contributed by atoms with Crippen LogP contribution in [0.25, 0.3) is 0 Å². The highest BCUT2D eigenvalue weighted by Gasteiger charge is 2.23. The van der Waals surface area contributed by atoms with Crippen molar-refractivity contribution in [3.8, 4) is 0 Å². The molecule has 0 saturated carbocycles. The van der Waals surface area contributed by atoms with Crippen LogP contribution in [0.15, 0.2) is 0 Å². The summed E-state index contributed by atoms with van der Waals surface area (Å²) in [6.07, 6.45) is -0.265. The molecule has 1 aliphatic rings. The summed E-state index contributed by atoms with van der Waals surface area (Å²) >= 11 is 0. The van der Waals surface area contributed by atoms with E-state index in [9.17, 15) is 4.79 Å². The van der Waals surface area contributed by atoms with E-state index in [0.29, 0.717) is 13.2 Å². The van der Waals surface area contributed by atoms with Gasteiger partial charge in [-0.1, -0.05) is 0 Å². The number of carbonyl (C=O) groups excluding carboxylic acids is 1. The third-order valence-electron chi connectivity index (χ3n) is 1.49. The maximum absolute atomic E-state index is 10.6. The average molecular weight is 159 g/mol. The molecule has 0 bridgehead atoms. The molecule has 0 spiro atoms. The van der Waals surface area contributed by atoms with Crippen LogP contribution in [0.4, 0.5) is 0 Å². The van der Waals surface area contributed by atoms with Crippen LogP contribution in [0.5, 0.6) is 0 Å². The lowest BCUT2D eigenvalue weighted by molar-refractivity contribution is -0.123. The van der Waals surface area contributed by atoms with Gasteiger partial charge in [-0.2, -0.15) is 0 Å². The number of carbonyl (C=O) groups is 1. The fourth-order valence-corrected chi connectivity index (χ4v) is 1.05. The van der Waals surface area contributed by atoms with Gasteiger partial charge in [0.25, 0.3) is 0 Å². The molecule has 1 amide bonds. The molecular formula is C7H13NO3. The first-order chi connectivity index (χ1) is 5.20. The van der Waals surface area contributed by atoms with Crippen molar-refractivity contribution in [2.45, 2.75) is 26.2 Å². The summed E-state index contributed by atoms with van der Waals surface area (Å²) in [6.45, 7) is 4.58. The van der Waals surface area contributed by atoms with Gasteiger partial charge in [0, 0.05) is 6.92 Å². The van der Waals surface area contributed by atoms with Gasteiger partial charge in [-0.05, 0) is 6.92 Å². The van der Waals surface area contributed by atoms with E-state index >= 15 is 0 Å². The highest BCUT2D eigenvalue weighted by atomic mass is 16.7. The maximum Gasteiger partial charge on any atom is 0.217 e. The first-order valence-electron chi connectivity index (χ1n) is 3.70. The molecule has 0 radical (unpaired) electrons. The lowest BCUT2D eigenvalue weighted by Gasteiger charge is -2.17. The maximum atomic E-state index is 10.6. The minimum absolute atomic E-state index is 0.0587. The summed E-state index contributed by atoms with van der Waals surface area (Å²) in [5.41, 5.74) is 0. The first kappa shape index (κ1) is 8.49. The molecule has 0 unspecified atom stereocenters. The van der Waals surface area contributed by atoms with E-state index in [1.54, 1.807) is 0 Å². The lowest BCUT2D eigenvalue weighted by Crippen LogP contribution is -2.40. The molecule has 4 nitrogen and oxygen atoms in total. The molecule has 0 aromatic rings. The Kier molecular flexibility index (Phi) is 2.84. The molecule has 1 rings (SSSR count). The van der Waals surface area contributed by atoms with E-state index in [1.807, 2.05) is 6.92 Å². The SMILES string of the molecule is CC(=O)N[C@H](C)C1OCCO1. The zero-order valence-electron chi connectivity index (χ0n) is 6.79. The number of nitrogens with one attached hydrogen (secondary N) is 1. The molecule has 1 fully saturated rings. The van der Waals surface area contributed by atoms with Crippen LogP contribution in [0, 0.1) is 0 Å². The van der Waals surface area contributed by atoms with E-state index in [0.717, 1.165) is 0 Å². The number of hydrogen-bond acceptors (Lipinski definition) is 3. The van der Waals surface area contributed by atoms with Crippen LogP contribution < -0.4 is 5.32 Å². The quantitative estimate of drug-likeness (QED) is 0.611. The number of rotatable bonds is 2. The summed E-state index contributed by atoms with van der Waals surface area (Å²) in [7, 11) is 0. The minimum Gasteiger partial charge on any atom is -0.349 e. The molecule has 1 heterocycles. The topological polar surface area (TPSA) is 47.6 Å². The largest absolute Gasteiger partial charge is 0.349 e. The highest BCUT2D eigenvalue weighted by Crippen LogP contribution is 2.07. The van der Waals surface area contributed by atoms with Gasteiger partial charge in [-0.25, -0.2) is 0 Å². The Bertz CT molecular complexity index is 143. The molecule has 0 aromatic heterocycles. The summed E-state index contributed by atoms with van der Waals surface area (Å²) in [5, 5.41) is 2.70. The molecule has 0 aromatic carbocycles. The molecule has 64 valence electrons. The smallest absolute Gasteiger partial charge is 0.217 e. The number of amides is 1. The Morgan fingerprint density at radius 2 is 2.09 bits per heavy atom. The van der Waals surface area contributed by atoms with Crippen LogP contribution in [-0.2, 0) is 14.3 Å². The van der Waals surface area contributed by atoms with Gasteiger partial charge in [0.1, 0.15) is 0 Å². The third kappa shape index (κ3) is 2.48. The van der Waals surface area contributed by atoms with Crippen molar-refractivity contribution in [3.63, 3.8) is 0 Å². The van der Waals surface area contributed by atoms with Crippen molar-refractivity contribution in [1.82, 2.24) is 5.32 Å². The van der Waals surface area contributed by atoms with Gasteiger partial charge < -0.3 is 14.8 Å². The molecule has 1 atom stereocenters. The second kappa shape index (κ2) is 3.69. The van der Waals surface area contributed by atoms with E-state index in [2.05, 4.69) is 5.32 Å². The Morgan fingerprint density at radius 1 is 1.55 bits per heavy atom. The normalized spacial score (nSPS) is 21.6. The van der Waals surface area contributed by atoms with Crippen LogP contribution in [0.2, 0.25) is 0 Å².